The van der Waals surface area contributed by atoms with Crippen LogP contribution in [0.1, 0.15) is 118 Å². The average Bonchev–Trinajstić information content (AvgIpc) is 3.19. The van der Waals surface area contributed by atoms with Crippen molar-refractivity contribution in [3.8, 4) is 0 Å². The number of aliphatic hydroxyl groups is 4. The van der Waals surface area contributed by atoms with Crippen LogP contribution in [0.25, 0.3) is 0 Å². The van der Waals surface area contributed by atoms with Crippen molar-refractivity contribution in [2.45, 2.75) is 156 Å². The van der Waals surface area contributed by atoms with Crippen molar-refractivity contribution in [3.63, 3.8) is 0 Å². The molecule has 330 valence electrons. The summed E-state index contributed by atoms with van der Waals surface area (Å²) in [4.78, 5) is 18.3. The second-order valence-corrected chi connectivity index (χ2v) is 21.8. The van der Waals surface area contributed by atoms with E-state index in [0.29, 0.717) is 32.1 Å². The van der Waals surface area contributed by atoms with E-state index in [2.05, 4.69) is 54.5 Å². The largest absolute Gasteiger partial charge is 0.418 e. The van der Waals surface area contributed by atoms with Gasteiger partial charge >= 0.3 is 6.18 Å². The van der Waals surface area contributed by atoms with Gasteiger partial charge in [0.25, 0.3) is 0 Å². The molecule has 14 atom stereocenters. The molecule has 1 aromatic carbocycles. The fourth-order valence-electron chi connectivity index (χ4n) is 14.6. The minimum atomic E-state index is -4.45. The third-order valence-electron chi connectivity index (χ3n) is 18.5. The molecule has 2 saturated heterocycles. The monoisotopic (exact) mass is 831 g/mol. The Labute approximate surface area is 348 Å². The van der Waals surface area contributed by atoms with Crippen molar-refractivity contribution in [2.24, 2.45) is 50.2 Å². The molecule has 0 aromatic heterocycles. The topological polar surface area (TPSA) is 123 Å². The molecule has 2 heterocycles. The van der Waals surface area contributed by atoms with Gasteiger partial charge in [0, 0.05) is 42.7 Å². The summed E-state index contributed by atoms with van der Waals surface area (Å²) < 4.78 is 54.4. The minimum absolute atomic E-state index is 0.0557. The molecule has 0 bridgehead atoms. The molecule has 4 N–H and O–H groups in total. The summed E-state index contributed by atoms with van der Waals surface area (Å²) in [5.74, 6) is 0.941. The van der Waals surface area contributed by atoms with Crippen LogP contribution in [0.15, 0.2) is 35.9 Å². The van der Waals surface area contributed by atoms with Gasteiger partial charge in [-0.25, -0.2) is 0 Å². The molecule has 2 aliphatic heterocycles. The Morgan fingerprint density at radius 2 is 1.53 bits per heavy atom. The summed E-state index contributed by atoms with van der Waals surface area (Å²) in [6.07, 6.45) is 0.537. The molecule has 59 heavy (non-hydrogen) atoms. The molecule has 12 heteroatoms. The smallest absolute Gasteiger partial charge is 0.394 e. The minimum Gasteiger partial charge on any atom is -0.394 e. The van der Waals surface area contributed by atoms with Gasteiger partial charge in [0.1, 0.15) is 24.4 Å². The van der Waals surface area contributed by atoms with Gasteiger partial charge in [0.2, 0.25) is 5.91 Å². The first kappa shape index (κ1) is 43.4. The van der Waals surface area contributed by atoms with Crippen LogP contribution in [0.5, 0.6) is 0 Å². The van der Waals surface area contributed by atoms with E-state index in [1.807, 2.05) is 4.90 Å². The number of fused-ring (bicyclic) bond motifs is 7. The van der Waals surface area contributed by atoms with E-state index in [-0.39, 0.29) is 56.6 Å². The first-order valence-electron chi connectivity index (χ1n) is 22.4. The Morgan fingerprint density at radius 3 is 2.20 bits per heavy atom. The van der Waals surface area contributed by atoms with Gasteiger partial charge in [-0.1, -0.05) is 72.2 Å². The Kier molecular flexibility index (Phi) is 10.8. The molecule has 1 amide bonds. The molecule has 7 aliphatic rings. The highest BCUT2D eigenvalue weighted by atomic mass is 19.4. The maximum Gasteiger partial charge on any atom is 0.418 e. The zero-order valence-electron chi connectivity index (χ0n) is 36.2. The number of rotatable bonds is 5. The fraction of sp³-hybridized carbons (Fsp3) is 0.809. The number of piperazine rings is 1. The van der Waals surface area contributed by atoms with Crippen LogP contribution >= 0.6 is 0 Å². The van der Waals surface area contributed by atoms with Gasteiger partial charge in [-0.05, 0) is 116 Å². The van der Waals surface area contributed by atoms with Crippen molar-refractivity contribution in [2.75, 3.05) is 37.7 Å². The Balaban J connectivity index is 1.05. The molecule has 9 nitrogen and oxygen atoms in total. The molecule has 6 fully saturated rings. The van der Waals surface area contributed by atoms with Crippen molar-refractivity contribution in [1.29, 1.82) is 0 Å². The van der Waals surface area contributed by atoms with Gasteiger partial charge < -0.3 is 39.7 Å². The molecular weight excluding hydrogens is 762 g/mol. The second kappa shape index (κ2) is 14.7. The van der Waals surface area contributed by atoms with Crippen LogP contribution in [-0.4, -0.2) is 101 Å². The van der Waals surface area contributed by atoms with E-state index in [9.17, 15) is 38.4 Å². The zero-order chi connectivity index (χ0) is 42.7. The predicted molar refractivity (Wildman–Crippen MR) is 218 cm³/mol. The van der Waals surface area contributed by atoms with E-state index in [1.54, 1.807) is 11.0 Å². The first-order chi connectivity index (χ1) is 27.5. The highest BCUT2D eigenvalue weighted by molar-refractivity contribution is 5.83. The zero-order valence-corrected chi connectivity index (χ0v) is 36.2. The van der Waals surface area contributed by atoms with E-state index < -0.39 is 54.5 Å². The standard InChI is InChI=1S/C47H69F3N2O7/c1-41(2)16-15-35(59-39-38(56)37(55)36(54)32(27-53)58-39)46(7)33(41)14-17-45(6)34(46)13-12-28-30-26-43(4,19-18-42(30,3)20-21-44(28,45)5)40(57)52-24-22-51(23-25-52)31-11-9-8-10-29(31)47(48,49)50/h8-12,30,32-39,53-56H,13-27H2,1-7H3/t30-,32+,33?,34?,35?,36+,37+,38+,39-,42+,43?,44+,45+,46-/m0/s1. The number of allylic oxidation sites excluding steroid dienone is 2. The summed E-state index contributed by atoms with van der Waals surface area (Å²) in [6.45, 7) is 17.7. The van der Waals surface area contributed by atoms with Crippen LogP contribution in [-0.2, 0) is 20.4 Å². The van der Waals surface area contributed by atoms with Gasteiger partial charge in [-0.15, -0.1) is 0 Å². The highest BCUT2D eigenvalue weighted by Crippen LogP contribution is 2.76. The van der Waals surface area contributed by atoms with E-state index in [0.717, 1.165) is 70.3 Å². The molecule has 5 aliphatic carbocycles. The van der Waals surface area contributed by atoms with Gasteiger partial charge in [-0.3, -0.25) is 4.79 Å². The summed E-state index contributed by atoms with van der Waals surface area (Å²) >= 11 is 0. The van der Waals surface area contributed by atoms with Gasteiger partial charge in [-0.2, -0.15) is 13.2 Å². The molecule has 8 rings (SSSR count). The molecule has 0 spiro atoms. The number of hydrogen-bond acceptors (Lipinski definition) is 8. The lowest BCUT2D eigenvalue weighted by atomic mass is 9.33. The lowest BCUT2D eigenvalue weighted by molar-refractivity contribution is -0.337. The number of ether oxygens (including phenoxy) is 2. The van der Waals surface area contributed by atoms with Gasteiger partial charge in [0.15, 0.2) is 6.29 Å². The third-order valence-corrected chi connectivity index (χ3v) is 18.5. The number of amides is 1. The molecule has 4 saturated carbocycles. The first-order valence-corrected chi connectivity index (χ1v) is 22.4. The van der Waals surface area contributed by atoms with Crippen molar-refractivity contribution >= 4 is 11.6 Å². The van der Waals surface area contributed by atoms with Crippen molar-refractivity contribution in [1.82, 2.24) is 4.90 Å². The maximum atomic E-state index is 14.6. The quantitative estimate of drug-likeness (QED) is 0.228. The Morgan fingerprint density at radius 1 is 0.847 bits per heavy atom. The van der Waals surface area contributed by atoms with Crippen LogP contribution in [0.2, 0.25) is 0 Å². The lowest BCUT2D eigenvalue weighted by Crippen LogP contribution is -2.67. The second-order valence-electron chi connectivity index (χ2n) is 21.8. The lowest BCUT2D eigenvalue weighted by Gasteiger charge is -2.72. The number of halogens is 3. The predicted octanol–water partition coefficient (Wildman–Crippen LogP) is 7.34. The summed E-state index contributed by atoms with van der Waals surface area (Å²) in [7, 11) is 0. The number of benzene rings is 1. The number of hydrogen-bond donors (Lipinski definition) is 4. The number of alkyl halides is 3. The average molecular weight is 831 g/mol. The summed E-state index contributed by atoms with van der Waals surface area (Å²) in [6, 6.07) is 5.72. The SMILES string of the molecule is CC1(C(=O)N2CCN(c3ccccc3C(F)(F)F)CC2)CC[C@]2(C)CC[C@]3(C)C(=CCC4[C@@]5(C)C(O[C@@H]6O[C@H](CO)[C@@H](O)[C@@H](O)[C@H]6O)CCC(C)(C)C5CC[C@]43C)[C@@H]2C1. The van der Waals surface area contributed by atoms with Crippen molar-refractivity contribution < 1.29 is 47.9 Å². The highest BCUT2D eigenvalue weighted by Gasteiger charge is 2.70. The number of para-hydroxylation sites is 1. The fourth-order valence-corrected chi connectivity index (χ4v) is 14.6. The summed E-state index contributed by atoms with van der Waals surface area (Å²) in [5.41, 5.74) is 0.0698. The number of nitrogens with zero attached hydrogens (tertiary/aromatic N) is 2. The van der Waals surface area contributed by atoms with Crippen LogP contribution in [0.4, 0.5) is 18.9 Å². The van der Waals surface area contributed by atoms with Crippen LogP contribution < -0.4 is 4.90 Å². The molecule has 4 unspecified atom stereocenters. The van der Waals surface area contributed by atoms with Crippen LogP contribution in [0.3, 0.4) is 0 Å². The third kappa shape index (κ3) is 6.65. The Hall–Kier alpha value is -2.22. The van der Waals surface area contributed by atoms with Crippen LogP contribution in [0, 0.1) is 50.2 Å². The van der Waals surface area contributed by atoms with Crippen molar-refractivity contribution in [3.05, 3.63) is 41.5 Å². The number of carbonyl (C=O) groups is 1. The molecule has 0 radical (unpaired) electrons. The summed E-state index contributed by atoms with van der Waals surface area (Å²) in [5, 5.41) is 42.2. The number of anilines is 1. The Bertz CT molecular complexity index is 1800. The van der Waals surface area contributed by atoms with E-state index in [1.165, 1.54) is 17.7 Å². The molecule has 1 aromatic rings. The maximum absolute atomic E-state index is 14.6. The number of carbonyl (C=O) groups excluding carboxylic acids is 1. The molecular formula is C47H69F3N2O7. The van der Waals surface area contributed by atoms with E-state index in [4.69, 9.17) is 9.47 Å². The number of aliphatic hydroxyl groups excluding tert-OH is 4. The van der Waals surface area contributed by atoms with Gasteiger partial charge in [0.05, 0.1) is 18.3 Å². The van der Waals surface area contributed by atoms with E-state index >= 15 is 0 Å². The normalized spacial score (nSPS) is 46.0.